The van der Waals surface area contributed by atoms with Crippen molar-refractivity contribution in [1.29, 1.82) is 0 Å². The number of para-hydroxylation sites is 1. The molecule has 0 fully saturated rings. The summed E-state index contributed by atoms with van der Waals surface area (Å²) in [7, 11) is 6.45. The minimum absolute atomic E-state index is 0.159. The van der Waals surface area contributed by atoms with Crippen LogP contribution in [0.2, 0.25) is 0 Å². The Balaban J connectivity index is 0.000000200. The number of benzene rings is 4. The van der Waals surface area contributed by atoms with Crippen LogP contribution in [0, 0.1) is 20.8 Å². The van der Waals surface area contributed by atoms with Crippen molar-refractivity contribution in [1.82, 2.24) is 18.7 Å². The Bertz CT molecular complexity index is 3000. The molecule has 0 aliphatic carbocycles. The quantitative estimate of drug-likeness (QED) is 0.119. The molecule has 2 aliphatic heterocycles. The molecule has 4 heterocycles. The number of aromatic nitrogens is 4. The minimum atomic E-state index is -0.387. The van der Waals surface area contributed by atoms with Crippen LogP contribution in [0.5, 0.6) is 34.6 Å². The first-order valence-electron chi connectivity index (χ1n) is 22.8. The zero-order valence-electron chi connectivity index (χ0n) is 40.5. The van der Waals surface area contributed by atoms with Gasteiger partial charge < -0.3 is 29.4 Å². The number of carbonyl (C=O) groups is 1. The summed E-state index contributed by atoms with van der Waals surface area (Å²) in [6.45, 7) is 16.1. The van der Waals surface area contributed by atoms with Gasteiger partial charge in [0.15, 0.2) is 23.0 Å². The molecular weight excluding hydrogens is 849 g/mol. The van der Waals surface area contributed by atoms with E-state index in [1.54, 1.807) is 42.1 Å². The van der Waals surface area contributed by atoms with E-state index in [0.29, 0.717) is 66.8 Å². The molecule has 0 saturated heterocycles. The van der Waals surface area contributed by atoms with Gasteiger partial charge in [0.1, 0.15) is 11.2 Å². The maximum atomic E-state index is 13.7. The average Bonchev–Trinajstić information content (AvgIpc) is 3.29. The van der Waals surface area contributed by atoms with Crippen LogP contribution in [-0.4, -0.2) is 53.0 Å². The van der Waals surface area contributed by atoms with Gasteiger partial charge >= 0.3 is 11.4 Å². The van der Waals surface area contributed by atoms with E-state index in [9.17, 15) is 14.4 Å². The number of fused-ring (bicyclic) bond motifs is 6. The van der Waals surface area contributed by atoms with Gasteiger partial charge in [-0.2, -0.15) is 4.98 Å². The van der Waals surface area contributed by atoms with E-state index in [1.807, 2.05) is 50.2 Å². The summed E-state index contributed by atoms with van der Waals surface area (Å²) >= 11 is 0. The maximum Gasteiger partial charge on any atom is 0.351 e. The molecule has 352 valence electrons. The molecule has 8 rings (SSSR count). The number of nitrogens with zero attached hydrogens (tertiary/aromatic N) is 5. The van der Waals surface area contributed by atoms with Gasteiger partial charge in [0.2, 0.25) is 11.8 Å². The number of rotatable bonds is 13. The third-order valence-electron chi connectivity index (χ3n) is 12.5. The molecule has 2 N–H and O–H groups in total. The highest BCUT2D eigenvalue weighted by atomic mass is 16.5. The average molecular weight is 911 g/mol. The number of ether oxygens (including phenoxy) is 5. The molecule has 0 unspecified atom stereocenters. The third-order valence-corrected chi connectivity index (χ3v) is 12.5. The normalized spacial score (nSPS) is 12.6. The van der Waals surface area contributed by atoms with E-state index in [0.717, 1.165) is 79.3 Å². The van der Waals surface area contributed by atoms with E-state index >= 15 is 0 Å². The van der Waals surface area contributed by atoms with Crippen LogP contribution < -0.4 is 46.3 Å². The van der Waals surface area contributed by atoms with Gasteiger partial charge in [0.05, 0.1) is 45.5 Å². The smallest absolute Gasteiger partial charge is 0.351 e. The van der Waals surface area contributed by atoms with Crippen molar-refractivity contribution in [2.24, 2.45) is 10.7 Å². The number of amides is 1. The second-order valence-corrected chi connectivity index (χ2v) is 17.7. The first kappa shape index (κ1) is 47.9. The zero-order valence-corrected chi connectivity index (χ0v) is 40.5. The van der Waals surface area contributed by atoms with Gasteiger partial charge in [0, 0.05) is 49.3 Å². The van der Waals surface area contributed by atoms with Crippen molar-refractivity contribution < 1.29 is 28.5 Å². The molecule has 6 aromatic rings. The highest BCUT2D eigenvalue weighted by molar-refractivity contribution is 5.74. The summed E-state index contributed by atoms with van der Waals surface area (Å²) in [5.41, 5.74) is 17.3. The van der Waals surface area contributed by atoms with Gasteiger partial charge in [-0.1, -0.05) is 63.6 Å². The number of aryl methyl sites for hydroxylation is 5. The van der Waals surface area contributed by atoms with E-state index in [4.69, 9.17) is 34.4 Å². The number of nitrogens with two attached hydrogens (primary N) is 1. The van der Waals surface area contributed by atoms with Crippen molar-refractivity contribution in [3.63, 3.8) is 0 Å². The van der Waals surface area contributed by atoms with Crippen molar-refractivity contribution in [2.45, 2.75) is 106 Å². The summed E-state index contributed by atoms with van der Waals surface area (Å²) in [6.07, 6.45) is 2.08. The monoisotopic (exact) mass is 910 g/mol. The lowest BCUT2D eigenvalue weighted by atomic mass is 9.94. The van der Waals surface area contributed by atoms with Crippen LogP contribution in [-0.2, 0) is 37.3 Å². The van der Waals surface area contributed by atoms with Crippen LogP contribution in [0.15, 0.2) is 81.3 Å². The van der Waals surface area contributed by atoms with Gasteiger partial charge in [-0.05, 0) is 110 Å². The maximum absolute atomic E-state index is 13.7. The topological polar surface area (TPSA) is 163 Å². The second-order valence-electron chi connectivity index (χ2n) is 17.7. The Morgan fingerprint density at radius 1 is 0.716 bits per heavy atom. The molecule has 14 nitrogen and oxygen atoms in total. The minimum Gasteiger partial charge on any atom is -0.493 e. The van der Waals surface area contributed by atoms with Gasteiger partial charge in [-0.25, -0.2) is 14.6 Å². The van der Waals surface area contributed by atoms with E-state index in [1.165, 1.54) is 0 Å². The molecule has 0 atom stereocenters. The highest BCUT2D eigenvalue weighted by Crippen LogP contribution is 2.41. The fraction of sp³-hybridized carbons (Fsp3) is 0.377. The highest BCUT2D eigenvalue weighted by Gasteiger charge is 2.25. The lowest BCUT2D eigenvalue weighted by Gasteiger charge is -2.24. The number of methoxy groups -OCH3 is 4. The molecule has 4 aromatic carbocycles. The molecular formula is C53H62N6O8. The molecule has 67 heavy (non-hydrogen) atoms. The van der Waals surface area contributed by atoms with Crippen LogP contribution in [0.4, 0.5) is 5.69 Å². The van der Waals surface area contributed by atoms with E-state index in [2.05, 4.69) is 69.9 Å². The Morgan fingerprint density at radius 3 is 1.73 bits per heavy atom. The fourth-order valence-electron chi connectivity index (χ4n) is 9.12. The summed E-state index contributed by atoms with van der Waals surface area (Å²) in [5, 5.41) is 0. The van der Waals surface area contributed by atoms with Crippen LogP contribution in [0.1, 0.15) is 91.3 Å². The number of hydrogen-bond acceptors (Lipinski definition) is 10. The number of hydrogen-bond donors (Lipinski definition) is 1. The fourth-order valence-corrected chi connectivity index (χ4v) is 9.12. The number of primary amides is 1. The summed E-state index contributed by atoms with van der Waals surface area (Å²) in [4.78, 5) is 47.2. The van der Waals surface area contributed by atoms with Crippen molar-refractivity contribution >= 4 is 11.6 Å². The van der Waals surface area contributed by atoms with Crippen LogP contribution in [0.25, 0.3) is 22.5 Å². The largest absolute Gasteiger partial charge is 0.493 e. The van der Waals surface area contributed by atoms with E-state index < -0.39 is 0 Å². The molecule has 1 amide bonds. The Morgan fingerprint density at radius 2 is 1.22 bits per heavy atom. The molecule has 0 saturated carbocycles. The lowest BCUT2D eigenvalue weighted by molar-refractivity contribution is -0.118. The first-order valence-corrected chi connectivity index (χ1v) is 22.8. The molecule has 2 aromatic heterocycles. The van der Waals surface area contributed by atoms with Gasteiger partial charge in [0.25, 0.3) is 0 Å². The van der Waals surface area contributed by atoms with Gasteiger partial charge in [-0.15, -0.1) is 0 Å². The SMILES string of the molecule is COc1cc2c(cc1OC)-c1cc(=Nc3c(C)cc(C)cc3C)n(CCCC(N)=O)c(=O)n1CC2.COc1cc2c(cc1OC)-c1cc(Oc3c(C(C)C)cccc3C(C)C)nc(=O)n1CC2. The Hall–Kier alpha value is -7.09. The van der Waals surface area contributed by atoms with E-state index in [-0.39, 0.29) is 35.5 Å². The van der Waals surface area contributed by atoms with Crippen molar-refractivity contribution in [3.05, 3.63) is 132 Å². The molecule has 2 aliphatic rings. The first-order chi connectivity index (χ1) is 32.1. The molecule has 0 bridgehead atoms. The lowest BCUT2D eigenvalue weighted by Crippen LogP contribution is -2.42. The molecule has 14 heteroatoms. The van der Waals surface area contributed by atoms with Crippen LogP contribution in [0.3, 0.4) is 0 Å². The Kier molecular flexibility index (Phi) is 14.4. The van der Waals surface area contributed by atoms with Crippen molar-refractivity contribution in [2.75, 3.05) is 28.4 Å². The van der Waals surface area contributed by atoms with Crippen LogP contribution >= 0.6 is 0 Å². The number of carbonyl (C=O) groups excluding carboxylic acids is 1. The third kappa shape index (κ3) is 9.89. The molecule has 0 spiro atoms. The predicted molar refractivity (Wildman–Crippen MR) is 261 cm³/mol. The predicted octanol–water partition coefficient (Wildman–Crippen LogP) is 8.84. The second kappa shape index (κ2) is 20.2. The van der Waals surface area contributed by atoms with Crippen molar-refractivity contribution in [3.8, 4) is 57.1 Å². The Labute approximate surface area is 391 Å². The summed E-state index contributed by atoms with van der Waals surface area (Å²) < 4.78 is 33.4. The summed E-state index contributed by atoms with van der Waals surface area (Å²) in [6, 6.07) is 22.0. The van der Waals surface area contributed by atoms with Gasteiger partial charge in [-0.3, -0.25) is 18.5 Å². The molecule has 0 radical (unpaired) electrons. The summed E-state index contributed by atoms with van der Waals surface area (Å²) in [5.74, 6) is 3.83. The standard InChI is InChI=1S/C27H32N4O4.C26H30N2O4/c1-16-11-17(2)26(18(3)12-16)29-25-15-21-20-14-23(35-5)22(34-4)13-19(20)8-10-30(21)27(33)31(25)9-6-7-24(28)32;1-15(2)18-8-7-9-19(16(3)4)25(18)32-24-14-21-20-13-23(31-6)22(30-5)12-17(20)10-11-28(21)26(29)27-24/h11-15H,6-10H2,1-5H3,(H2,28,32);7-9,12-16H,10-11H2,1-6H3. The zero-order chi connectivity index (χ0) is 48.3.